The highest BCUT2D eigenvalue weighted by Gasteiger charge is 2.41. The predicted molar refractivity (Wildman–Crippen MR) is 74.1 cm³/mol. The van der Waals surface area contributed by atoms with Crippen LogP contribution < -0.4 is 0 Å². The lowest BCUT2D eigenvalue weighted by atomic mass is 9.87. The van der Waals surface area contributed by atoms with Gasteiger partial charge in [0.25, 0.3) is 0 Å². The number of hydrogen-bond donors (Lipinski definition) is 1. The van der Waals surface area contributed by atoms with Crippen LogP contribution in [0.2, 0.25) is 0 Å². The van der Waals surface area contributed by atoms with Gasteiger partial charge in [-0.25, -0.2) is 0 Å². The molecule has 1 aliphatic rings. The van der Waals surface area contributed by atoms with E-state index in [0.29, 0.717) is 17.9 Å². The normalized spacial score (nSPS) is 28.6. The fourth-order valence-electron chi connectivity index (χ4n) is 2.96. The SMILES string of the molecule is CC(C)CN(CC1CCC(C)(C)C1O)C(C)C. The Hall–Kier alpha value is -0.0800. The van der Waals surface area contributed by atoms with Crippen molar-refractivity contribution in [3.05, 3.63) is 0 Å². The highest BCUT2D eigenvalue weighted by atomic mass is 16.3. The van der Waals surface area contributed by atoms with Gasteiger partial charge in [0.1, 0.15) is 0 Å². The number of rotatable bonds is 5. The summed E-state index contributed by atoms with van der Waals surface area (Å²) in [4.78, 5) is 2.53. The van der Waals surface area contributed by atoms with Gasteiger partial charge in [0.15, 0.2) is 0 Å². The van der Waals surface area contributed by atoms with Crippen LogP contribution in [0.4, 0.5) is 0 Å². The van der Waals surface area contributed by atoms with Gasteiger partial charge in [-0.2, -0.15) is 0 Å². The van der Waals surface area contributed by atoms with E-state index in [-0.39, 0.29) is 11.5 Å². The van der Waals surface area contributed by atoms with Gasteiger partial charge in [0.2, 0.25) is 0 Å². The van der Waals surface area contributed by atoms with Crippen molar-refractivity contribution in [1.29, 1.82) is 0 Å². The van der Waals surface area contributed by atoms with Gasteiger partial charge in [-0.1, -0.05) is 27.7 Å². The Morgan fingerprint density at radius 1 is 1.24 bits per heavy atom. The maximum Gasteiger partial charge on any atom is 0.0631 e. The van der Waals surface area contributed by atoms with E-state index in [1.807, 2.05) is 0 Å². The first-order valence-corrected chi connectivity index (χ1v) is 7.16. The molecule has 0 saturated heterocycles. The Balaban J connectivity index is 2.57. The monoisotopic (exact) mass is 241 g/mol. The van der Waals surface area contributed by atoms with E-state index in [0.717, 1.165) is 19.5 Å². The Morgan fingerprint density at radius 3 is 2.18 bits per heavy atom. The molecule has 0 aromatic rings. The van der Waals surface area contributed by atoms with Crippen molar-refractivity contribution < 1.29 is 5.11 Å². The average molecular weight is 241 g/mol. The Labute approximate surface area is 107 Å². The third-order valence-electron chi connectivity index (χ3n) is 4.21. The van der Waals surface area contributed by atoms with Crippen molar-refractivity contribution >= 4 is 0 Å². The molecule has 1 fully saturated rings. The lowest BCUT2D eigenvalue weighted by Crippen LogP contribution is -2.41. The first-order chi connectivity index (χ1) is 7.74. The summed E-state index contributed by atoms with van der Waals surface area (Å²) in [5.74, 6) is 1.16. The zero-order valence-electron chi connectivity index (χ0n) is 12.5. The lowest BCUT2D eigenvalue weighted by Gasteiger charge is -2.33. The van der Waals surface area contributed by atoms with Crippen LogP contribution in [-0.4, -0.2) is 35.2 Å². The smallest absolute Gasteiger partial charge is 0.0631 e. The molecule has 1 rings (SSSR count). The fourth-order valence-corrected chi connectivity index (χ4v) is 2.96. The number of aliphatic hydroxyl groups excluding tert-OH is 1. The zero-order chi connectivity index (χ0) is 13.2. The lowest BCUT2D eigenvalue weighted by molar-refractivity contribution is 0.0265. The molecule has 1 saturated carbocycles. The van der Waals surface area contributed by atoms with Crippen molar-refractivity contribution in [1.82, 2.24) is 4.90 Å². The van der Waals surface area contributed by atoms with Crippen LogP contribution in [-0.2, 0) is 0 Å². The van der Waals surface area contributed by atoms with Gasteiger partial charge in [-0.05, 0) is 43.9 Å². The van der Waals surface area contributed by atoms with Gasteiger partial charge < -0.3 is 10.0 Å². The van der Waals surface area contributed by atoms with Crippen molar-refractivity contribution in [2.75, 3.05) is 13.1 Å². The van der Waals surface area contributed by atoms with Crippen LogP contribution in [0.15, 0.2) is 0 Å². The third-order valence-corrected chi connectivity index (χ3v) is 4.21. The van der Waals surface area contributed by atoms with Crippen molar-refractivity contribution in [2.24, 2.45) is 17.3 Å². The van der Waals surface area contributed by atoms with E-state index < -0.39 is 0 Å². The van der Waals surface area contributed by atoms with E-state index in [1.54, 1.807) is 0 Å². The maximum atomic E-state index is 10.4. The molecule has 0 bridgehead atoms. The summed E-state index contributed by atoms with van der Waals surface area (Å²) in [5, 5.41) is 10.4. The minimum absolute atomic E-state index is 0.116. The summed E-state index contributed by atoms with van der Waals surface area (Å²) in [5.41, 5.74) is 0.116. The van der Waals surface area contributed by atoms with Crippen LogP contribution in [0.1, 0.15) is 54.4 Å². The molecule has 17 heavy (non-hydrogen) atoms. The molecule has 1 N–H and O–H groups in total. The van der Waals surface area contributed by atoms with Crippen LogP contribution in [0.3, 0.4) is 0 Å². The minimum Gasteiger partial charge on any atom is -0.392 e. The molecule has 2 nitrogen and oxygen atoms in total. The molecule has 2 unspecified atom stereocenters. The molecule has 0 radical (unpaired) electrons. The standard InChI is InChI=1S/C15H31NO/c1-11(2)9-16(12(3)4)10-13-7-8-15(5,6)14(13)17/h11-14,17H,7-10H2,1-6H3. The molecule has 1 aliphatic carbocycles. The second kappa shape index (κ2) is 5.71. The summed E-state index contributed by atoms with van der Waals surface area (Å²) in [6.45, 7) is 15.6. The summed E-state index contributed by atoms with van der Waals surface area (Å²) < 4.78 is 0. The van der Waals surface area contributed by atoms with Crippen LogP contribution in [0, 0.1) is 17.3 Å². The molecule has 102 valence electrons. The topological polar surface area (TPSA) is 23.5 Å². The molecule has 2 atom stereocenters. The van der Waals surface area contributed by atoms with E-state index in [9.17, 15) is 5.11 Å². The van der Waals surface area contributed by atoms with Gasteiger partial charge in [-0.15, -0.1) is 0 Å². The van der Waals surface area contributed by atoms with Crippen LogP contribution in [0.25, 0.3) is 0 Å². The second-order valence-electron chi connectivity index (χ2n) is 7.17. The maximum absolute atomic E-state index is 10.4. The van der Waals surface area contributed by atoms with Gasteiger partial charge in [0.05, 0.1) is 6.10 Å². The second-order valence-corrected chi connectivity index (χ2v) is 7.17. The molecule has 0 spiro atoms. The Bertz CT molecular complexity index is 235. The van der Waals surface area contributed by atoms with Gasteiger partial charge >= 0.3 is 0 Å². The third kappa shape index (κ3) is 3.96. The number of nitrogens with zero attached hydrogens (tertiary/aromatic N) is 1. The predicted octanol–water partition coefficient (Wildman–Crippen LogP) is 3.15. The summed E-state index contributed by atoms with van der Waals surface area (Å²) in [7, 11) is 0. The molecule has 0 aliphatic heterocycles. The fraction of sp³-hybridized carbons (Fsp3) is 1.00. The zero-order valence-corrected chi connectivity index (χ0v) is 12.5. The summed E-state index contributed by atoms with van der Waals surface area (Å²) in [6.07, 6.45) is 2.21. The molecular formula is C15H31NO. The number of hydrogen-bond acceptors (Lipinski definition) is 2. The minimum atomic E-state index is -0.129. The van der Waals surface area contributed by atoms with E-state index >= 15 is 0 Å². The number of aliphatic hydroxyl groups is 1. The quantitative estimate of drug-likeness (QED) is 0.799. The van der Waals surface area contributed by atoms with Crippen molar-refractivity contribution in [2.45, 2.75) is 66.5 Å². The van der Waals surface area contributed by atoms with E-state index in [4.69, 9.17) is 0 Å². The van der Waals surface area contributed by atoms with Crippen LogP contribution >= 0.6 is 0 Å². The van der Waals surface area contributed by atoms with Crippen molar-refractivity contribution in [3.8, 4) is 0 Å². The van der Waals surface area contributed by atoms with Gasteiger partial charge in [-0.3, -0.25) is 0 Å². The molecule has 0 aromatic heterocycles. The van der Waals surface area contributed by atoms with Crippen molar-refractivity contribution in [3.63, 3.8) is 0 Å². The molecule has 0 aromatic carbocycles. The highest BCUT2D eigenvalue weighted by molar-refractivity contribution is 4.92. The first kappa shape index (κ1) is 15.0. The molecule has 2 heteroatoms. The summed E-state index contributed by atoms with van der Waals surface area (Å²) in [6, 6.07) is 0.577. The summed E-state index contributed by atoms with van der Waals surface area (Å²) >= 11 is 0. The average Bonchev–Trinajstić information content (AvgIpc) is 2.43. The Kier molecular flexibility index (Phi) is 5.03. The Morgan fingerprint density at radius 2 is 1.82 bits per heavy atom. The van der Waals surface area contributed by atoms with E-state index in [1.165, 1.54) is 6.42 Å². The van der Waals surface area contributed by atoms with Crippen LogP contribution in [0.5, 0.6) is 0 Å². The molecule has 0 heterocycles. The van der Waals surface area contributed by atoms with Gasteiger partial charge in [0, 0.05) is 19.1 Å². The van der Waals surface area contributed by atoms with E-state index in [2.05, 4.69) is 46.4 Å². The molecule has 0 amide bonds. The highest BCUT2D eigenvalue weighted by Crippen LogP contribution is 2.41. The molecular weight excluding hydrogens is 210 g/mol. The largest absolute Gasteiger partial charge is 0.392 e. The first-order valence-electron chi connectivity index (χ1n) is 7.16.